The molecular weight excluding hydrogens is 558 g/mol. The normalized spacial score (nSPS) is 15.3. The number of anilines is 1. The maximum atomic E-state index is 13.5. The van der Waals surface area contributed by atoms with Gasteiger partial charge in [0, 0.05) is 43.8 Å². The van der Waals surface area contributed by atoms with Crippen molar-refractivity contribution in [3.8, 4) is 0 Å². The van der Waals surface area contributed by atoms with Gasteiger partial charge in [-0.3, -0.25) is 9.69 Å². The first-order chi connectivity index (χ1) is 19.5. The van der Waals surface area contributed by atoms with Crippen LogP contribution >= 0.6 is 11.3 Å². The van der Waals surface area contributed by atoms with Crippen molar-refractivity contribution in [2.75, 3.05) is 32.5 Å². The Kier molecular flexibility index (Phi) is 11.5. The minimum Gasteiger partial charge on any atom is -0.417 e. The number of hydrogen-bond donors (Lipinski definition) is 1. The fourth-order valence-electron chi connectivity index (χ4n) is 4.75. The number of nitrogens with one attached hydrogen (secondary N) is 1. The van der Waals surface area contributed by atoms with Crippen molar-refractivity contribution < 1.29 is 41.6 Å². The topological polar surface area (TPSA) is 70.0 Å². The number of carbonyl (C=O) groups is 1. The number of rotatable bonds is 7. The van der Waals surface area contributed by atoms with Gasteiger partial charge in [-0.25, -0.2) is 13.3 Å². The molecular formula is C30H31F3LiN5O2S-2. The second-order valence-electron chi connectivity index (χ2n) is 9.99. The first-order valence-corrected chi connectivity index (χ1v) is 13.8. The van der Waals surface area contributed by atoms with Gasteiger partial charge in [0.05, 0.1) is 5.56 Å². The average molecular weight is 590 g/mol. The second-order valence-corrected chi connectivity index (χ2v) is 11.0. The van der Waals surface area contributed by atoms with Gasteiger partial charge in [-0.15, -0.1) is 4.88 Å². The smallest absolute Gasteiger partial charge is 0.417 e. The number of thiophene rings is 1. The Labute approximate surface area is 259 Å². The summed E-state index contributed by atoms with van der Waals surface area (Å²) in [7, 11) is 4.02. The molecule has 3 aromatic heterocycles. The Morgan fingerprint density at radius 2 is 2.02 bits per heavy atom. The molecule has 4 heterocycles. The van der Waals surface area contributed by atoms with E-state index >= 15 is 0 Å². The van der Waals surface area contributed by atoms with E-state index in [9.17, 15) is 22.8 Å². The van der Waals surface area contributed by atoms with Gasteiger partial charge >= 0.3 is 25.0 Å². The van der Waals surface area contributed by atoms with Crippen molar-refractivity contribution in [1.29, 1.82) is 0 Å². The van der Waals surface area contributed by atoms with Crippen LogP contribution in [0.3, 0.4) is 0 Å². The molecule has 1 atom stereocenters. The standard InChI is InChI=1S/C22H26F3N3OS.C8H5N2O.Li/c1-5-19-14(2)30-13-20(19)21(29)26-17-9-15(8-16(10-17)22(23,24)25)11-28-7-6-18(12-28)27(3)4;11-6-7-5-9-8-3-1-2-4-10(7)8;/h8-10,13,18H,1-2,5-7,11-12H2,3-4H3,(H,26,29);1-5H;/q-2;-1;+1/t18-;;/m0../s1. The van der Waals surface area contributed by atoms with Crippen LogP contribution in [-0.4, -0.2) is 64.6 Å². The molecule has 12 heteroatoms. The predicted octanol–water partition coefficient (Wildman–Crippen LogP) is 2.51. The molecule has 0 radical (unpaired) electrons. The number of aromatic nitrogens is 2. The Morgan fingerprint density at radius 3 is 2.67 bits per heavy atom. The summed E-state index contributed by atoms with van der Waals surface area (Å²) in [6.45, 7) is 9.72. The number of nitrogens with zero attached hydrogens (tertiary/aromatic N) is 4. The number of pyridine rings is 1. The van der Waals surface area contributed by atoms with Crippen LogP contribution in [0.15, 0.2) is 54.2 Å². The van der Waals surface area contributed by atoms with E-state index in [-0.39, 0.29) is 24.5 Å². The van der Waals surface area contributed by atoms with E-state index in [1.165, 1.54) is 23.6 Å². The molecule has 7 nitrogen and oxygen atoms in total. The van der Waals surface area contributed by atoms with Crippen LogP contribution in [0.2, 0.25) is 0 Å². The number of carbonyl (C=O) groups excluding carboxylic acids is 2. The number of halogens is 3. The van der Waals surface area contributed by atoms with Crippen molar-refractivity contribution in [2.45, 2.75) is 31.6 Å². The van der Waals surface area contributed by atoms with Gasteiger partial charge < -0.3 is 31.3 Å². The summed E-state index contributed by atoms with van der Waals surface area (Å²) in [4.78, 5) is 32.0. The summed E-state index contributed by atoms with van der Waals surface area (Å²) in [5.74, 6) is -0.445. The Morgan fingerprint density at radius 1 is 1.26 bits per heavy atom. The maximum Gasteiger partial charge on any atom is 1.00 e. The molecule has 1 aromatic carbocycles. The molecule has 0 unspecified atom stereocenters. The molecule has 0 spiro atoms. The third-order valence-corrected chi connectivity index (χ3v) is 7.84. The Hall–Kier alpha value is -3.07. The fourth-order valence-corrected chi connectivity index (χ4v) is 5.61. The first-order valence-electron chi connectivity index (χ1n) is 12.9. The third kappa shape index (κ3) is 8.05. The molecule has 4 aromatic rings. The van der Waals surface area contributed by atoms with Gasteiger partial charge in [-0.2, -0.15) is 30.1 Å². The number of hydrogen-bond acceptors (Lipinski definition) is 6. The second kappa shape index (κ2) is 14.4. The van der Waals surface area contributed by atoms with Crippen LogP contribution in [0.5, 0.6) is 0 Å². The van der Waals surface area contributed by atoms with Crippen molar-refractivity contribution >= 4 is 34.9 Å². The van der Waals surface area contributed by atoms with E-state index in [4.69, 9.17) is 0 Å². The van der Waals surface area contributed by atoms with E-state index in [1.54, 1.807) is 28.3 Å². The van der Waals surface area contributed by atoms with Crippen LogP contribution in [-0.2, 0) is 23.9 Å². The fraction of sp³-hybridized carbons (Fsp3) is 0.300. The summed E-state index contributed by atoms with van der Waals surface area (Å²) in [6.07, 6.45) is 1.96. The Balaban J connectivity index is 0.000000336. The van der Waals surface area contributed by atoms with Crippen LogP contribution in [0.4, 0.5) is 18.9 Å². The molecule has 1 aliphatic rings. The van der Waals surface area contributed by atoms with Gasteiger partial charge in [0.25, 0.3) is 0 Å². The molecule has 0 aliphatic carbocycles. The number of alkyl halides is 3. The minimum absolute atomic E-state index is 0. The molecule has 0 saturated carbocycles. The predicted molar refractivity (Wildman–Crippen MR) is 155 cm³/mol. The van der Waals surface area contributed by atoms with Gasteiger partial charge in [0.15, 0.2) is 0 Å². The molecule has 0 bridgehead atoms. The summed E-state index contributed by atoms with van der Waals surface area (Å²) in [5, 5.41) is 4.30. The average Bonchev–Trinajstić information content (AvgIpc) is 3.66. The number of benzene rings is 1. The Bertz CT molecular complexity index is 1520. The summed E-state index contributed by atoms with van der Waals surface area (Å²) in [6, 6.07) is 9.71. The van der Waals surface area contributed by atoms with E-state index in [1.807, 2.05) is 32.3 Å². The molecule has 1 saturated heterocycles. The number of likely N-dealkylation sites (N-methyl/N-ethyl adjacent to an activating group) is 1. The van der Waals surface area contributed by atoms with Crippen molar-refractivity contribution in [1.82, 2.24) is 19.2 Å². The molecule has 1 aliphatic heterocycles. The molecule has 1 fully saturated rings. The van der Waals surface area contributed by atoms with E-state index in [0.717, 1.165) is 41.7 Å². The number of amides is 1. The molecule has 218 valence electrons. The van der Waals surface area contributed by atoms with Crippen LogP contribution in [0.25, 0.3) is 5.65 Å². The quantitative estimate of drug-likeness (QED) is 0.265. The molecule has 5 rings (SSSR count). The van der Waals surface area contributed by atoms with Crippen molar-refractivity contribution in [3.63, 3.8) is 0 Å². The van der Waals surface area contributed by atoms with Crippen LogP contribution < -0.4 is 24.2 Å². The van der Waals surface area contributed by atoms with E-state index in [0.29, 0.717) is 35.8 Å². The van der Waals surface area contributed by atoms with E-state index in [2.05, 4.69) is 33.9 Å². The molecule has 42 heavy (non-hydrogen) atoms. The monoisotopic (exact) mass is 589 g/mol. The zero-order valence-corrected chi connectivity index (χ0v) is 24.7. The van der Waals surface area contributed by atoms with Gasteiger partial charge in [-0.1, -0.05) is 18.0 Å². The maximum absolute atomic E-state index is 13.5. The van der Waals surface area contributed by atoms with Gasteiger partial charge in [-0.05, 0) is 67.4 Å². The third-order valence-electron chi connectivity index (χ3n) is 6.96. The van der Waals surface area contributed by atoms with Gasteiger partial charge in [0.2, 0.25) is 5.91 Å². The number of imidazole rings is 1. The van der Waals surface area contributed by atoms with Gasteiger partial charge in [0.1, 0.15) is 5.65 Å². The van der Waals surface area contributed by atoms with Crippen molar-refractivity contribution in [2.24, 2.45) is 0 Å². The van der Waals surface area contributed by atoms with Crippen LogP contribution in [0, 0.1) is 13.8 Å². The van der Waals surface area contributed by atoms with Crippen LogP contribution in [0.1, 0.15) is 44.0 Å². The number of likely N-dealkylation sites (tertiary alicyclic amines) is 1. The largest absolute Gasteiger partial charge is 1.00 e. The molecule has 1 N–H and O–H groups in total. The summed E-state index contributed by atoms with van der Waals surface area (Å²) >= 11 is 1.33. The molecule has 1 amide bonds. The minimum atomic E-state index is -4.49. The summed E-state index contributed by atoms with van der Waals surface area (Å²) in [5.41, 5.74) is 2.26. The zero-order chi connectivity index (χ0) is 29.7. The zero-order valence-electron chi connectivity index (χ0n) is 23.9. The summed E-state index contributed by atoms with van der Waals surface area (Å²) < 4.78 is 42.1. The SMILES string of the molecule is O=[C-]c1cnc2ccccn12.[CH2-]Cc1c(C(=O)Nc2cc(CN3CC[C@H](N(C)C)C3)cc(C(F)(F)F)c2)csc1[CH2-].[Li+]. The van der Waals surface area contributed by atoms with Crippen molar-refractivity contribution in [3.05, 3.63) is 101 Å². The number of fused-ring (bicyclic) bond motifs is 1. The van der Waals surface area contributed by atoms with E-state index < -0.39 is 17.6 Å². The first kappa shape index (κ1) is 33.4.